The Morgan fingerprint density at radius 1 is 1.26 bits per heavy atom. The first-order valence-corrected chi connectivity index (χ1v) is 7.01. The zero-order chi connectivity index (χ0) is 13.2. The van der Waals surface area contributed by atoms with E-state index in [1.165, 1.54) is 5.56 Å². The van der Waals surface area contributed by atoms with E-state index in [9.17, 15) is 4.79 Å². The average Bonchev–Trinajstić information content (AvgIpc) is 3.05. The van der Waals surface area contributed by atoms with Crippen molar-refractivity contribution in [1.29, 1.82) is 0 Å². The number of carboxylic acid groups (broad SMARTS) is 1. The van der Waals surface area contributed by atoms with Crippen molar-refractivity contribution in [2.75, 3.05) is 0 Å². The van der Waals surface area contributed by atoms with Gasteiger partial charge in [-0.15, -0.1) is 0 Å². The molecule has 19 heavy (non-hydrogen) atoms. The average molecular weight is 271 g/mol. The van der Waals surface area contributed by atoms with E-state index in [-0.39, 0.29) is 0 Å². The Morgan fingerprint density at radius 3 is 2.89 bits per heavy atom. The molecule has 0 saturated heterocycles. The second-order valence-corrected chi connectivity index (χ2v) is 5.25. The first kappa shape index (κ1) is 12.0. The van der Waals surface area contributed by atoms with Crippen LogP contribution in [0.3, 0.4) is 0 Å². The molecule has 0 fully saturated rings. The highest BCUT2D eigenvalue weighted by molar-refractivity contribution is 7.07. The molecular formula is C15H13NO2S. The number of hydrogen-bond donors (Lipinski definition) is 1. The minimum Gasteiger partial charge on any atom is -0.478 e. The first-order chi connectivity index (χ1) is 9.24. The van der Waals surface area contributed by atoms with Gasteiger partial charge in [-0.05, 0) is 53.1 Å². The fourth-order valence-corrected chi connectivity index (χ4v) is 2.92. The lowest BCUT2D eigenvalue weighted by atomic mass is 10.1. The third-order valence-corrected chi connectivity index (χ3v) is 3.97. The van der Waals surface area contributed by atoms with Crippen molar-refractivity contribution in [3.05, 3.63) is 58.4 Å². The molecule has 0 aliphatic heterocycles. The van der Waals surface area contributed by atoms with Crippen LogP contribution in [0.25, 0.3) is 10.9 Å². The fraction of sp³-hybridized carbons (Fsp3) is 0.133. The molecule has 0 aliphatic carbocycles. The summed E-state index contributed by atoms with van der Waals surface area (Å²) in [4.78, 5) is 10.9. The number of aryl methyl sites for hydroxylation is 2. The van der Waals surface area contributed by atoms with Gasteiger partial charge < -0.3 is 9.67 Å². The Hall–Kier alpha value is -2.07. The molecule has 0 bridgehead atoms. The van der Waals surface area contributed by atoms with Crippen molar-refractivity contribution < 1.29 is 9.90 Å². The molecule has 96 valence electrons. The number of hydrogen-bond acceptors (Lipinski definition) is 2. The number of benzene rings is 1. The van der Waals surface area contributed by atoms with Crippen molar-refractivity contribution in [2.24, 2.45) is 0 Å². The molecule has 3 nitrogen and oxygen atoms in total. The van der Waals surface area contributed by atoms with E-state index < -0.39 is 5.97 Å². The Labute approximate surface area is 114 Å². The highest BCUT2D eigenvalue weighted by atomic mass is 32.1. The van der Waals surface area contributed by atoms with Gasteiger partial charge in [0.25, 0.3) is 0 Å². The number of aromatic carboxylic acids is 1. The molecular weight excluding hydrogens is 258 g/mol. The molecule has 1 aromatic carbocycles. The Bertz CT molecular complexity index is 713. The minimum absolute atomic E-state index is 0.336. The molecule has 0 spiro atoms. The molecule has 0 atom stereocenters. The van der Waals surface area contributed by atoms with E-state index in [1.54, 1.807) is 23.5 Å². The van der Waals surface area contributed by atoms with Crippen LogP contribution in [0.15, 0.2) is 47.3 Å². The van der Waals surface area contributed by atoms with Crippen LogP contribution in [0.5, 0.6) is 0 Å². The molecule has 3 rings (SSSR count). The number of fused-ring (bicyclic) bond motifs is 1. The number of nitrogens with zero attached hydrogens (tertiary/aromatic N) is 1. The normalized spacial score (nSPS) is 10.9. The molecule has 0 amide bonds. The lowest BCUT2D eigenvalue weighted by Gasteiger charge is -2.04. The van der Waals surface area contributed by atoms with Gasteiger partial charge in [0.05, 0.1) is 5.56 Å². The third kappa shape index (κ3) is 2.39. The van der Waals surface area contributed by atoms with Crippen molar-refractivity contribution >= 4 is 28.2 Å². The van der Waals surface area contributed by atoms with Gasteiger partial charge in [0.2, 0.25) is 0 Å². The number of carboxylic acids is 1. The summed E-state index contributed by atoms with van der Waals surface area (Å²) in [6.45, 7) is 0.909. The van der Waals surface area contributed by atoms with Crippen molar-refractivity contribution in [1.82, 2.24) is 4.57 Å². The van der Waals surface area contributed by atoms with Gasteiger partial charge in [-0.3, -0.25) is 0 Å². The van der Waals surface area contributed by atoms with Crippen molar-refractivity contribution in [2.45, 2.75) is 13.0 Å². The molecule has 1 N–H and O–H groups in total. The van der Waals surface area contributed by atoms with Crippen LogP contribution in [0, 0.1) is 0 Å². The highest BCUT2D eigenvalue weighted by Crippen LogP contribution is 2.19. The second-order valence-electron chi connectivity index (χ2n) is 4.47. The van der Waals surface area contributed by atoms with Crippen LogP contribution >= 0.6 is 11.3 Å². The standard InChI is InChI=1S/C15H13NO2S/c17-15(18)13-1-2-14-12(9-13)4-7-16(14)6-3-11-5-8-19-10-11/h1-2,4-5,7-10H,3,6H2,(H,17,18). The van der Waals surface area contributed by atoms with E-state index in [4.69, 9.17) is 5.11 Å². The van der Waals surface area contributed by atoms with Gasteiger partial charge in [0, 0.05) is 23.6 Å². The summed E-state index contributed by atoms with van der Waals surface area (Å²) in [5.74, 6) is -0.882. The van der Waals surface area contributed by atoms with Crippen LogP contribution in [-0.2, 0) is 13.0 Å². The fourth-order valence-electron chi connectivity index (χ4n) is 2.21. The highest BCUT2D eigenvalue weighted by Gasteiger charge is 2.06. The van der Waals surface area contributed by atoms with Gasteiger partial charge in [0.15, 0.2) is 0 Å². The van der Waals surface area contributed by atoms with Gasteiger partial charge in [0.1, 0.15) is 0 Å². The van der Waals surface area contributed by atoms with Crippen LogP contribution in [0.2, 0.25) is 0 Å². The maximum Gasteiger partial charge on any atom is 0.335 e. The molecule has 0 aliphatic rings. The van der Waals surface area contributed by atoms with E-state index in [0.29, 0.717) is 5.56 Å². The van der Waals surface area contributed by atoms with Crippen LogP contribution in [-0.4, -0.2) is 15.6 Å². The summed E-state index contributed by atoms with van der Waals surface area (Å²) in [6.07, 6.45) is 3.01. The maximum absolute atomic E-state index is 10.9. The third-order valence-electron chi connectivity index (χ3n) is 3.24. The van der Waals surface area contributed by atoms with E-state index in [0.717, 1.165) is 23.9 Å². The Morgan fingerprint density at radius 2 is 2.16 bits per heavy atom. The van der Waals surface area contributed by atoms with Crippen molar-refractivity contribution in [3.8, 4) is 0 Å². The van der Waals surface area contributed by atoms with Gasteiger partial charge in [-0.25, -0.2) is 4.79 Å². The Kier molecular flexibility index (Phi) is 3.09. The number of rotatable bonds is 4. The summed E-state index contributed by atoms with van der Waals surface area (Å²) in [5.41, 5.74) is 2.76. The van der Waals surface area contributed by atoms with Crippen LogP contribution in [0.4, 0.5) is 0 Å². The largest absolute Gasteiger partial charge is 0.478 e. The van der Waals surface area contributed by atoms with E-state index >= 15 is 0 Å². The number of carbonyl (C=O) groups is 1. The maximum atomic E-state index is 10.9. The van der Waals surface area contributed by atoms with E-state index in [1.807, 2.05) is 18.3 Å². The Balaban J connectivity index is 1.86. The summed E-state index contributed by atoms with van der Waals surface area (Å²) in [5, 5.41) is 14.2. The molecule has 2 aromatic heterocycles. The van der Waals surface area contributed by atoms with Gasteiger partial charge >= 0.3 is 5.97 Å². The van der Waals surface area contributed by atoms with E-state index in [2.05, 4.69) is 21.4 Å². The molecule has 0 radical (unpaired) electrons. The monoisotopic (exact) mass is 271 g/mol. The predicted octanol–water partition coefficient (Wildman–Crippen LogP) is 3.64. The summed E-state index contributed by atoms with van der Waals surface area (Å²) < 4.78 is 2.17. The number of thiophene rings is 1. The SMILES string of the molecule is O=C(O)c1ccc2c(ccn2CCc2ccsc2)c1. The predicted molar refractivity (Wildman–Crippen MR) is 76.9 cm³/mol. The molecule has 0 unspecified atom stereocenters. The molecule has 0 saturated carbocycles. The lowest BCUT2D eigenvalue weighted by Crippen LogP contribution is -2.00. The van der Waals surface area contributed by atoms with Gasteiger partial charge in [-0.2, -0.15) is 11.3 Å². The smallest absolute Gasteiger partial charge is 0.335 e. The van der Waals surface area contributed by atoms with Crippen molar-refractivity contribution in [3.63, 3.8) is 0 Å². The van der Waals surface area contributed by atoms with Crippen LogP contribution < -0.4 is 0 Å². The minimum atomic E-state index is -0.882. The van der Waals surface area contributed by atoms with Crippen LogP contribution in [0.1, 0.15) is 15.9 Å². The summed E-state index contributed by atoms with van der Waals surface area (Å²) in [6, 6.07) is 9.37. The summed E-state index contributed by atoms with van der Waals surface area (Å²) >= 11 is 1.71. The zero-order valence-electron chi connectivity index (χ0n) is 10.2. The quantitative estimate of drug-likeness (QED) is 0.787. The zero-order valence-corrected chi connectivity index (χ0v) is 11.1. The second kappa shape index (κ2) is 4.90. The lowest BCUT2D eigenvalue weighted by molar-refractivity contribution is 0.0697. The first-order valence-electron chi connectivity index (χ1n) is 6.07. The molecule has 2 heterocycles. The molecule has 4 heteroatoms. The number of aromatic nitrogens is 1. The van der Waals surface area contributed by atoms with Gasteiger partial charge in [-0.1, -0.05) is 0 Å². The summed E-state index contributed by atoms with van der Waals surface area (Å²) in [7, 11) is 0. The topological polar surface area (TPSA) is 42.2 Å². The molecule has 3 aromatic rings.